The molecule has 0 saturated heterocycles. The van der Waals surface area contributed by atoms with Gasteiger partial charge in [-0.3, -0.25) is 0 Å². The number of benzene rings is 2. The molecule has 0 aliphatic carbocycles. The van der Waals surface area contributed by atoms with Crippen molar-refractivity contribution in [2.45, 2.75) is 0 Å². The first-order chi connectivity index (χ1) is 14.1. The van der Waals surface area contributed by atoms with Crippen molar-refractivity contribution in [3.63, 3.8) is 0 Å². The summed E-state index contributed by atoms with van der Waals surface area (Å²) in [5, 5.41) is 12.2. The normalized spacial score (nSPS) is 10.4. The lowest BCUT2D eigenvalue weighted by Gasteiger charge is -2.10. The first-order valence-electron chi connectivity index (χ1n) is 8.55. The number of carboxylic acid groups (broad SMARTS) is 1. The van der Waals surface area contributed by atoms with Crippen LogP contribution in [-0.4, -0.2) is 34.1 Å². The fourth-order valence-corrected chi connectivity index (χ4v) is 3.60. The van der Waals surface area contributed by atoms with E-state index < -0.39 is 11.9 Å². The minimum absolute atomic E-state index is 0.147. The highest BCUT2D eigenvalue weighted by Gasteiger charge is 2.17. The van der Waals surface area contributed by atoms with Crippen molar-refractivity contribution in [3.8, 4) is 23.0 Å². The molecule has 4 rings (SSSR count). The van der Waals surface area contributed by atoms with E-state index in [1.54, 1.807) is 48.1 Å². The molecule has 0 bridgehead atoms. The number of hydrogen-bond acceptors (Lipinski definition) is 5. The second kappa shape index (κ2) is 7.62. The number of hydrogen-bond donors (Lipinski definition) is 2. The van der Waals surface area contributed by atoms with Crippen molar-refractivity contribution in [1.82, 2.24) is 9.97 Å². The van der Waals surface area contributed by atoms with E-state index in [0.29, 0.717) is 38.9 Å². The van der Waals surface area contributed by atoms with Crippen LogP contribution in [0.4, 0.5) is 0 Å². The van der Waals surface area contributed by atoms with Gasteiger partial charge in [0.05, 0.1) is 23.7 Å². The number of nitrogens with zero attached hydrogens (tertiary/aromatic N) is 1. The van der Waals surface area contributed by atoms with Crippen LogP contribution in [0.5, 0.6) is 0 Å². The van der Waals surface area contributed by atoms with Gasteiger partial charge in [0, 0.05) is 33.6 Å². The van der Waals surface area contributed by atoms with Gasteiger partial charge in [-0.1, -0.05) is 24.1 Å². The molecule has 0 radical (unpaired) electrons. The predicted molar refractivity (Wildman–Crippen MR) is 110 cm³/mol. The van der Waals surface area contributed by atoms with E-state index in [4.69, 9.17) is 4.74 Å². The number of methoxy groups -OCH3 is 1. The lowest BCUT2D eigenvalue weighted by atomic mass is 9.93. The number of H-pyrrole nitrogens is 1. The lowest BCUT2D eigenvalue weighted by Crippen LogP contribution is -2.02. The summed E-state index contributed by atoms with van der Waals surface area (Å²) < 4.78 is 4.79. The summed E-state index contributed by atoms with van der Waals surface area (Å²) in [5.41, 5.74) is 5.35. The molecule has 0 atom stereocenters. The second-order valence-electron chi connectivity index (χ2n) is 6.11. The first kappa shape index (κ1) is 18.5. The summed E-state index contributed by atoms with van der Waals surface area (Å²) in [6, 6.07) is 10.3. The van der Waals surface area contributed by atoms with Gasteiger partial charge in [-0.05, 0) is 29.7 Å². The molecule has 142 valence electrons. The number of aromatic carboxylic acids is 1. The molecular weight excluding hydrogens is 388 g/mol. The summed E-state index contributed by atoms with van der Waals surface area (Å²) in [6.45, 7) is 0. The summed E-state index contributed by atoms with van der Waals surface area (Å²) in [4.78, 5) is 30.9. The smallest absolute Gasteiger partial charge is 0.340 e. The van der Waals surface area contributed by atoms with Gasteiger partial charge in [0.15, 0.2) is 0 Å². The van der Waals surface area contributed by atoms with Crippen LogP contribution in [0.15, 0.2) is 53.5 Å². The third-order valence-corrected chi connectivity index (χ3v) is 5.01. The third kappa shape index (κ3) is 3.49. The number of carbonyl (C=O) groups is 2. The molecule has 0 unspecified atom stereocenters. The minimum Gasteiger partial charge on any atom is -0.478 e. The van der Waals surface area contributed by atoms with Crippen LogP contribution in [0.1, 0.15) is 32.0 Å². The highest BCUT2D eigenvalue weighted by atomic mass is 32.1. The molecule has 2 aromatic heterocycles. The molecule has 0 fully saturated rings. The van der Waals surface area contributed by atoms with Crippen molar-refractivity contribution in [3.05, 3.63) is 75.9 Å². The molecule has 0 spiro atoms. The molecule has 7 heteroatoms. The van der Waals surface area contributed by atoms with Gasteiger partial charge in [-0.2, -0.15) is 0 Å². The Kier molecular flexibility index (Phi) is 4.85. The molecule has 0 aliphatic heterocycles. The monoisotopic (exact) mass is 402 g/mol. The number of aromatic nitrogens is 2. The lowest BCUT2D eigenvalue weighted by molar-refractivity contribution is 0.0602. The van der Waals surface area contributed by atoms with Crippen LogP contribution in [0.2, 0.25) is 0 Å². The standard InChI is InChI=1S/C22H14N2O4S/c1-28-22(27)18-10-23-19-9-14(6-8-16(18)19)20-13(3-2-4-17(20)21(25)26)5-7-15-11-29-12-24-15/h2-4,6,8-12,23H,1H3,(H,25,26). The molecule has 0 amide bonds. The van der Waals surface area contributed by atoms with Crippen LogP contribution >= 0.6 is 11.3 Å². The Labute approximate surface area is 169 Å². The van der Waals surface area contributed by atoms with Crippen molar-refractivity contribution in [2.75, 3.05) is 7.11 Å². The van der Waals surface area contributed by atoms with Gasteiger partial charge in [-0.25, -0.2) is 14.6 Å². The fourth-order valence-electron chi connectivity index (χ4n) is 3.11. The highest BCUT2D eigenvalue weighted by molar-refractivity contribution is 7.07. The Hall–Kier alpha value is -3.89. The van der Waals surface area contributed by atoms with E-state index >= 15 is 0 Å². The van der Waals surface area contributed by atoms with Gasteiger partial charge in [0.25, 0.3) is 0 Å². The highest BCUT2D eigenvalue weighted by Crippen LogP contribution is 2.31. The zero-order chi connectivity index (χ0) is 20.4. The number of carbonyl (C=O) groups excluding carboxylic acids is 1. The van der Waals surface area contributed by atoms with Crippen molar-refractivity contribution >= 4 is 34.2 Å². The molecule has 4 aromatic rings. The number of rotatable bonds is 3. The van der Waals surface area contributed by atoms with Crippen LogP contribution in [-0.2, 0) is 4.74 Å². The molecule has 29 heavy (non-hydrogen) atoms. The maximum atomic E-state index is 11.9. The number of nitrogens with one attached hydrogen (secondary N) is 1. The molecule has 2 N–H and O–H groups in total. The summed E-state index contributed by atoms with van der Waals surface area (Å²) in [7, 11) is 1.33. The van der Waals surface area contributed by atoms with E-state index in [1.165, 1.54) is 18.4 Å². The molecule has 0 aliphatic rings. The largest absolute Gasteiger partial charge is 0.478 e. The molecule has 2 heterocycles. The average Bonchev–Trinajstić information content (AvgIpc) is 3.40. The van der Waals surface area contributed by atoms with Crippen molar-refractivity contribution in [1.29, 1.82) is 0 Å². The van der Waals surface area contributed by atoms with Gasteiger partial charge in [0.2, 0.25) is 0 Å². The van der Waals surface area contributed by atoms with Gasteiger partial charge >= 0.3 is 11.9 Å². The first-order valence-corrected chi connectivity index (χ1v) is 9.49. The Morgan fingerprint density at radius 2 is 2.03 bits per heavy atom. The van der Waals surface area contributed by atoms with Crippen LogP contribution in [0.25, 0.3) is 22.0 Å². The number of esters is 1. The Balaban J connectivity index is 1.89. The van der Waals surface area contributed by atoms with Gasteiger partial charge in [0.1, 0.15) is 5.69 Å². The summed E-state index contributed by atoms with van der Waals surface area (Å²) in [6.07, 6.45) is 1.58. The topological polar surface area (TPSA) is 92.3 Å². The molecular formula is C22H14N2O4S. The van der Waals surface area contributed by atoms with E-state index in [9.17, 15) is 14.7 Å². The SMILES string of the molecule is COC(=O)c1c[nH]c2cc(-c3c(C#Cc4cscn4)cccc3C(=O)O)ccc12. The zero-order valence-corrected chi connectivity index (χ0v) is 16.0. The molecule has 6 nitrogen and oxygen atoms in total. The molecule has 2 aromatic carbocycles. The number of carboxylic acids is 1. The number of aromatic amines is 1. The van der Waals surface area contributed by atoms with Crippen molar-refractivity contribution in [2.24, 2.45) is 0 Å². The average molecular weight is 402 g/mol. The Morgan fingerprint density at radius 3 is 2.76 bits per heavy atom. The molecule has 0 saturated carbocycles. The quantitative estimate of drug-likeness (QED) is 0.396. The zero-order valence-electron chi connectivity index (χ0n) is 15.2. The van der Waals surface area contributed by atoms with E-state index in [2.05, 4.69) is 21.8 Å². The summed E-state index contributed by atoms with van der Waals surface area (Å²) in [5.74, 6) is 4.52. The second-order valence-corrected chi connectivity index (χ2v) is 6.83. The number of thiazole rings is 1. The van der Waals surface area contributed by atoms with E-state index in [0.717, 1.165) is 0 Å². The van der Waals surface area contributed by atoms with Gasteiger partial charge < -0.3 is 14.8 Å². The van der Waals surface area contributed by atoms with E-state index in [-0.39, 0.29) is 5.56 Å². The van der Waals surface area contributed by atoms with E-state index in [1.807, 2.05) is 5.38 Å². The summed E-state index contributed by atoms with van der Waals surface area (Å²) >= 11 is 1.44. The Morgan fingerprint density at radius 1 is 1.17 bits per heavy atom. The predicted octanol–water partition coefficient (Wildman–Crippen LogP) is 4.18. The Bertz CT molecular complexity index is 1290. The third-order valence-electron chi connectivity index (χ3n) is 4.43. The van der Waals surface area contributed by atoms with Crippen LogP contribution in [0, 0.1) is 11.8 Å². The maximum Gasteiger partial charge on any atom is 0.340 e. The van der Waals surface area contributed by atoms with Crippen molar-refractivity contribution < 1.29 is 19.4 Å². The minimum atomic E-state index is -1.04. The van der Waals surface area contributed by atoms with Crippen LogP contribution in [0.3, 0.4) is 0 Å². The fraction of sp³-hybridized carbons (Fsp3) is 0.0455. The van der Waals surface area contributed by atoms with Crippen LogP contribution < -0.4 is 0 Å². The number of ether oxygens (including phenoxy) is 1. The van der Waals surface area contributed by atoms with Gasteiger partial charge in [-0.15, -0.1) is 11.3 Å². The number of fused-ring (bicyclic) bond motifs is 1. The maximum absolute atomic E-state index is 11.9.